The molecule has 4 nitrogen and oxygen atoms in total. The summed E-state index contributed by atoms with van der Waals surface area (Å²) in [6.07, 6.45) is 0. The van der Waals surface area contributed by atoms with Gasteiger partial charge in [-0.1, -0.05) is 11.6 Å². The van der Waals surface area contributed by atoms with Gasteiger partial charge in [0.2, 0.25) is 10.0 Å². The maximum absolute atomic E-state index is 12.4. The highest BCUT2D eigenvalue weighted by molar-refractivity contribution is 7.89. The van der Waals surface area contributed by atoms with Crippen LogP contribution in [0.4, 0.5) is 0 Å². The molecule has 0 aliphatic carbocycles. The molecule has 2 rings (SSSR count). The Hall–Kier alpha value is -1.39. The molecular weight excluding hydrogens is 316 g/mol. The van der Waals surface area contributed by atoms with Crippen molar-refractivity contribution in [2.45, 2.75) is 11.4 Å². The Labute approximate surface area is 126 Å². The lowest BCUT2D eigenvalue weighted by molar-refractivity contribution is 0.467. The molecule has 1 aromatic carbocycles. The molecule has 1 heterocycles. The third-order valence-corrected chi connectivity index (χ3v) is 5.75. The summed E-state index contributed by atoms with van der Waals surface area (Å²) in [5.41, 5.74) is 1.25. The molecule has 0 bridgehead atoms. The largest absolute Gasteiger partial charge is 0.244 e. The molecule has 7 heteroatoms. The van der Waals surface area contributed by atoms with Crippen molar-refractivity contribution in [3.05, 3.63) is 51.2 Å². The van der Waals surface area contributed by atoms with E-state index in [9.17, 15) is 8.42 Å². The summed E-state index contributed by atoms with van der Waals surface area (Å²) in [4.78, 5) is 0.0101. The number of nitriles is 1. The molecule has 1 aromatic heterocycles. The maximum Gasteiger partial charge on any atom is 0.244 e. The van der Waals surface area contributed by atoms with E-state index >= 15 is 0 Å². The van der Waals surface area contributed by atoms with Crippen LogP contribution in [-0.2, 0) is 16.6 Å². The Morgan fingerprint density at radius 1 is 1.40 bits per heavy atom. The lowest BCUT2D eigenvalue weighted by Crippen LogP contribution is -2.26. The van der Waals surface area contributed by atoms with Crippen molar-refractivity contribution in [3.8, 4) is 6.07 Å². The van der Waals surface area contributed by atoms with Crippen LogP contribution < -0.4 is 0 Å². The van der Waals surface area contributed by atoms with Gasteiger partial charge in [-0.15, -0.1) is 0 Å². The molecule has 0 atom stereocenters. The highest BCUT2D eigenvalue weighted by atomic mass is 35.5. The molecule has 0 fully saturated rings. The molecule has 0 amide bonds. The standard InChI is InChI=1S/C13H11ClN2O2S2/c1-16(8-11-4-5-19-9-11)20(17,18)13-3-2-10(7-15)6-12(13)14/h2-6,9H,8H2,1H3. The summed E-state index contributed by atoms with van der Waals surface area (Å²) in [5, 5.41) is 12.6. The van der Waals surface area contributed by atoms with Gasteiger partial charge in [0, 0.05) is 13.6 Å². The number of hydrogen-bond donors (Lipinski definition) is 0. The fourth-order valence-corrected chi connectivity index (χ4v) is 4.01. The first kappa shape index (κ1) is 15.0. The third kappa shape index (κ3) is 3.02. The van der Waals surface area contributed by atoms with E-state index < -0.39 is 10.0 Å². The van der Waals surface area contributed by atoms with Crippen LogP contribution in [0.1, 0.15) is 11.1 Å². The summed E-state index contributed by atoms with van der Waals surface area (Å²) in [5.74, 6) is 0. The topological polar surface area (TPSA) is 61.2 Å². The Morgan fingerprint density at radius 3 is 2.70 bits per heavy atom. The second kappa shape index (κ2) is 5.94. The fraction of sp³-hybridized carbons (Fsp3) is 0.154. The number of hydrogen-bond acceptors (Lipinski definition) is 4. The van der Waals surface area contributed by atoms with Gasteiger partial charge in [0.25, 0.3) is 0 Å². The molecule has 0 unspecified atom stereocenters. The highest BCUT2D eigenvalue weighted by Gasteiger charge is 2.23. The molecule has 2 aromatic rings. The number of thiophene rings is 1. The predicted octanol–water partition coefficient (Wildman–Crippen LogP) is 3.09. The van der Waals surface area contributed by atoms with Gasteiger partial charge >= 0.3 is 0 Å². The van der Waals surface area contributed by atoms with Gasteiger partial charge in [0.05, 0.1) is 16.7 Å². The number of sulfonamides is 1. The Balaban J connectivity index is 2.33. The van der Waals surface area contributed by atoms with Crippen LogP contribution in [0.15, 0.2) is 39.9 Å². The summed E-state index contributed by atoms with van der Waals surface area (Å²) in [7, 11) is -2.17. The zero-order valence-corrected chi connectivity index (χ0v) is 13.0. The summed E-state index contributed by atoms with van der Waals surface area (Å²) < 4.78 is 26.1. The number of nitrogens with zero attached hydrogens (tertiary/aromatic N) is 2. The summed E-state index contributed by atoms with van der Waals surface area (Å²) >= 11 is 7.48. The zero-order valence-electron chi connectivity index (χ0n) is 10.6. The Bertz CT molecular complexity index is 749. The van der Waals surface area contributed by atoms with E-state index in [0.717, 1.165) is 5.56 Å². The molecule has 0 radical (unpaired) electrons. The monoisotopic (exact) mass is 326 g/mol. The van der Waals surface area contributed by atoms with Gasteiger partial charge in [-0.2, -0.15) is 20.9 Å². The van der Waals surface area contributed by atoms with E-state index in [2.05, 4.69) is 0 Å². The van der Waals surface area contributed by atoms with Gasteiger partial charge in [0.15, 0.2) is 0 Å². The maximum atomic E-state index is 12.4. The van der Waals surface area contributed by atoms with Crippen LogP contribution in [0.25, 0.3) is 0 Å². The van der Waals surface area contributed by atoms with Gasteiger partial charge in [0.1, 0.15) is 4.90 Å². The first-order chi connectivity index (χ1) is 9.45. The Morgan fingerprint density at radius 2 is 2.15 bits per heavy atom. The van der Waals surface area contributed by atoms with Crippen LogP contribution in [0, 0.1) is 11.3 Å². The zero-order chi connectivity index (χ0) is 14.8. The van der Waals surface area contributed by atoms with Crippen LogP contribution in [0.5, 0.6) is 0 Å². The second-order valence-corrected chi connectivity index (χ2v) is 7.35. The third-order valence-electron chi connectivity index (χ3n) is 2.73. The van der Waals surface area contributed by atoms with Gasteiger partial charge in [-0.25, -0.2) is 8.42 Å². The molecule has 0 N–H and O–H groups in total. The average molecular weight is 327 g/mol. The predicted molar refractivity (Wildman–Crippen MR) is 79.1 cm³/mol. The minimum atomic E-state index is -3.67. The van der Waals surface area contributed by atoms with Crippen molar-refractivity contribution in [3.63, 3.8) is 0 Å². The van der Waals surface area contributed by atoms with Crippen molar-refractivity contribution in [2.75, 3.05) is 7.05 Å². The number of halogens is 1. The van der Waals surface area contributed by atoms with E-state index in [1.54, 1.807) is 0 Å². The average Bonchev–Trinajstić information content (AvgIpc) is 2.91. The van der Waals surface area contributed by atoms with E-state index in [1.807, 2.05) is 22.9 Å². The quantitative estimate of drug-likeness (QED) is 0.867. The minimum Gasteiger partial charge on any atom is -0.207 e. The molecule has 0 spiro atoms. The molecular formula is C13H11ClN2O2S2. The number of benzene rings is 1. The molecule has 0 aliphatic heterocycles. The fourth-order valence-electron chi connectivity index (χ4n) is 1.67. The minimum absolute atomic E-state index is 0.0101. The van der Waals surface area contributed by atoms with E-state index in [1.165, 1.54) is 40.9 Å². The number of rotatable bonds is 4. The summed E-state index contributed by atoms with van der Waals surface area (Å²) in [6.45, 7) is 0.280. The van der Waals surface area contributed by atoms with Crippen LogP contribution in [-0.4, -0.2) is 19.8 Å². The van der Waals surface area contributed by atoms with Crippen molar-refractivity contribution in [1.29, 1.82) is 5.26 Å². The van der Waals surface area contributed by atoms with E-state index in [-0.39, 0.29) is 16.5 Å². The van der Waals surface area contributed by atoms with Crippen molar-refractivity contribution in [2.24, 2.45) is 0 Å². The smallest absolute Gasteiger partial charge is 0.207 e. The second-order valence-electron chi connectivity index (χ2n) is 4.15. The summed E-state index contributed by atoms with van der Waals surface area (Å²) in [6, 6.07) is 7.95. The van der Waals surface area contributed by atoms with Crippen molar-refractivity contribution in [1.82, 2.24) is 4.31 Å². The van der Waals surface area contributed by atoms with Gasteiger partial charge in [-0.3, -0.25) is 0 Å². The molecule has 0 aliphatic rings. The van der Waals surface area contributed by atoms with Crippen molar-refractivity contribution >= 4 is 33.0 Å². The van der Waals surface area contributed by atoms with Crippen molar-refractivity contribution < 1.29 is 8.42 Å². The SMILES string of the molecule is CN(Cc1ccsc1)S(=O)(=O)c1ccc(C#N)cc1Cl. The first-order valence-corrected chi connectivity index (χ1v) is 8.38. The molecule has 0 saturated carbocycles. The molecule has 20 heavy (non-hydrogen) atoms. The van der Waals surface area contributed by atoms with Gasteiger partial charge < -0.3 is 0 Å². The van der Waals surface area contributed by atoms with Gasteiger partial charge in [-0.05, 0) is 40.6 Å². The molecule has 104 valence electrons. The highest BCUT2D eigenvalue weighted by Crippen LogP contribution is 2.26. The van der Waals surface area contributed by atoms with Crippen LogP contribution in [0.3, 0.4) is 0 Å². The normalized spacial score (nSPS) is 11.5. The molecule has 0 saturated heterocycles. The lowest BCUT2D eigenvalue weighted by Gasteiger charge is -2.17. The van der Waals surface area contributed by atoms with E-state index in [0.29, 0.717) is 5.56 Å². The van der Waals surface area contributed by atoms with Crippen LogP contribution >= 0.6 is 22.9 Å². The van der Waals surface area contributed by atoms with Crippen LogP contribution in [0.2, 0.25) is 5.02 Å². The first-order valence-electron chi connectivity index (χ1n) is 5.62. The van der Waals surface area contributed by atoms with E-state index in [4.69, 9.17) is 16.9 Å². The Kier molecular flexibility index (Phi) is 4.45. The lowest BCUT2D eigenvalue weighted by atomic mass is 10.2.